The average molecular weight is 354 g/mol. The van der Waals surface area contributed by atoms with E-state index in [0.29, 0.717) is 12.3 Å². The van der Waals surface area contributed by atoms with Gasteiger partial charge in [0, 0.05) is 38.2 Å². The first-order valence-corrected chi connectivity index (χ1v) is 9.26. The predicted octanol–water partition coefficient (Wildman–Crippen LogP) is 2.26. The Hall–Kier alpha value is -2.53. The summed E-state index contributed by atoms with van der Waals surface area (Å²) in [5, 5.41) is 2.95. The lowest BCUT2D eigenvalue weighted by Gasteiger charge is -2.25. The van der Waals surface area contributed by atoms with Crippen LogP contribution in [0, 0.1) is 0 Å². The van der Waals surface area contributed by atoms with Gasteiger partial charge in [-0.05, 0) is 24.3 Å². The maximum Gasteiger partial charge on any atom is 0.412 e. The van der Waals surface area contributed by atoms with Crippen LogP contribution in [-0.4, -0.2) is 39.8 Å². The van der Waals surface area contributed by atoms with Crippen molar-refractivity contribution in [1.29, 1.82) is 0 Å². The summed E-state index contributed by atoms with van der Waals surface area (Å²) in [4.78, 5) is 15.8. The van der Waals surface area contributed by atoms with Gasteiger partial charge in [0.2, 0.25) is 0 Å². The number of anilines is 1. The molecule has 138 valence electrons. The molecule has 0 unspecified atom stereocenters. The topological polar surface area (TPSA) is 46.0 Å². The quantitative estimate of drug-likeness (QED) is 0.836. The number of hydrogen-bond acceptors (Lipinski definition) is 3. The van der Waals surface area contributed by atoms with Crippen molar-refractivity contribution < 1.29 is 14.4 Å². The van der Waals surface area contributed by atoms with Crippen molar-refractivity contribution >= 4 is 11.8 Å². The molecule has 2 aromatic rings. The van der Waals surface area contributed by atoms with E-state index in [1.165, 1.54) is 29.0 Å². The largest absolute Gasteiger partial charge is 0.412 e. The third kappa shape index (κ3) is 4.76. The number of benzene rings is 2. The van der Waals surface area contributed by atoms with E-state index in [-0.39, 0.29) is 6.04 Å². The van der Waals surface area contributed by atoms with Crippen LogP contribution in [0.25, 0.3) is 0 Å². The van der Waals surface area contributed by atoms with Crippen LogP contribution in [0.2, 0.25) is 0 Å². The van der Waals surface area contributed by atoms with Crippen LogP contribution >= 0.6 is 0 Å². The molecule has 1 saturated heterocycles. The number of nitrogens with zero attached hydrogens (tertiary/aromatic N) is 1. The highest BCUT2D eigenvalue weighted by Crippen LogP contribution is 2.17. The number of likely N-dealkylation sites (tertiary alicyclic amines) is 1. The molecule has 0 spiro atoms. The fourth-order valence-corrected chi connectivity index (χ4v) is 3.50. The normalized spacial score (nSPS) is 15.5. The average Bonchev–Trinajstić information content (AvgIpc) is 3.17. The molecule has 0 aliphatic carbocycles. The number of ether oxygens (including phenoxy) is 1. The molecule has 2 aromatic carbocycles. The first-order chi connectivity index (χ1) is 12.6. The lowest BCUT2D eigenvalue weighted by atomic mass is 10.0. The van der Waals surface area contributed by atoms with Gasteiger partial charge in [0.1, 0.15) is 11.8 Å². The van der Waals surface area contributed by atoms with E-state index in [1.54, 1.807) is 12.1 Å². The van der Waals surface area contributed by atoms with Gasteiger partial charge in [-0.25, -0.2) is 4.79 Å². The highest BCUT2D eigenvalue weighted by molar-refractivity contribution is 5.70. The maximum atomic E-state index is 12.2. The number of para-hydroxylation sites is 1. The summed E-state index contributed by atoms with van der Waals surface area (Å²) in [6, 6.07) is 18.0. The second kappa shape index (κ2) is 8.72. The molecule has 3 rings (SSSR count). The molecule has 26 heavy (non-hydrogen) atoms. The van der Waals surface area contributed by atoms with Gasteiger partial charge in [-0.3, -0.25) is 0 Å². The van der Waals surface area contributed by atoms with Gasteiger partial charge in [-0.15, -0.1) is 0 Å². The van der Waals surface area contributed by atoms with Crippen LogP contribution in [0.3, 0.4) is 0 Å². The molecule has 1 aliphatic rings. The Kier molecular flexibility index (Phi) is 6.12. The number of nitrogens with one attached hydrogen (secondary N) is 2. The minimum atomic E-state index is -0.398. The molecule has 5 heteroatoms. The second-order valence-electron chi connectivity index (χ2n) is 6.99. The fourth-order valence-electron chi connectivity index (χ4n) is 3.50. The minimum absolute atomic E-state index is 0.247. The molecule has 1 amide bonds. The van der Waals surface area contributed by atoms with Crippen LogP contribution in [0.1, 0.15) is 24.4 Å². The molecule has 5 nitrogen and oxygen atoms in total. The number of hydrogen-bond donors (Lipinski definition) is 2. The Morgan fingerprint density at radius 3 is 2.35 bits per heavy atom. The van der Waals surface area contributed by atoms with Crippen molar-refractivity contribution in [1.82, 2.24) is 5.32 Å². The van der Waals surface area contributed by atoms with Crippen LogP contribution in [0.15, 0.2) is 54.6 Å². The Labute approximate surface area is 155 Å². The standard InChI is InChI=1S/C21H27N3O2/c1-23(2)18-12-10-17(11-13-18)20(24-14-6-7-15-24)16-22-21(25)26-19-8-4-3-5-9-19/h3-5,8-13,20H,6-7,14-16H2,1-2H3,(H,22,25)/p+1/t20-/m1/s1. The molecule has 0 bridgehead atoms. The maximum absolute atomic E-state index is 12.2. The first-order valence-electron chi connectivity index (χ1n) is 9.26. The van der Waals surface area contributed by atoms with Gasteiger partial charge in [0.05, 0.1) is 19.6 Å². The number of rotatable bonds is 6. The second-order valence-corrected chi connectivity index (χ2v) is 6.99. The summed E-state index contributed by atoms with van der Waals surface area (Å²) in [5.41, 5.74) is 2.44. The van der Waals surface area contributed by atoms with E-state index >= 15 is 0 Å². The molecule has 0 saturated carbocycles. The molecule has 1 atom stereocenters. The smallest absolute Gasteiger partial charge is 0.410 e. The zero-order valence-corrected chi connectivity index (χ0v) is 15.6. The van der Waals surface area contributed by atoms with Crippen molar-refractivity contribution in [3.63, 3.8) is 0 Å². The van der Waals surface area contributed by atoms with Crippen LogP contribution in [-0.2, 0) is 0 Å². The molecular weight excluding hydrogens is 326 g/mol. The molecule has 0 radical (unpaired) electrons. The van der Waals surface area contributed by atoms with Gasteiger partial charge in [-0.1, -0.05) is 30.3 Å². The van der Waals surface area contributed by atoms with Crippen molar-refractivity contribution in [3.8, 4) is 5.75 Å². The third-order valence-electron chi connectivity index (χ3n) is 4.95. The molecule has 0 aromatic heterocycles. The summed E-state index contributed by atoms with van der Waals surface area (Å²) in [7, 11) is 4.08. The molecule has 1 heterocycles. The summed E-state index contributed by atoms with van der Waals surface area (Å²) in [6.07, 6.45) is 2.09. The first kappa shape index (κ1) is 18.3. The Bertz CT molecular complexity index is 695. The van der Waals surface area contributed by atoms with Crippen molar-refractivity contribution in [2.24, 2.45) is 0 Å². The summed E-state index contributed by atoms with van der Waals surface area (Å²) in [5.74, 6) is 0.561. The van der Waals surface area contributed by atoms with E-state index in [9.17, 15) is 4.79 Å². The fraction of sp³-hybridized carbons (Fsp3) is 0.381. The van der Waals surface area contributed by atoms with E-state index < -0.39 is 6.09 Å². The Balaban J connectivity index is 1.65. The number of amides is 1. The van der Waals surface area contributed by atoms with Gasteiger partial charge in [0.25, 0.3) is 0 Å². The van der Waals surface area contributed by atoms with Crippen molar-refractivity contribution in [2.75, 3.05) is 38.6 Å². The zero-order chi connectivity index (χ0) is 18.4. The lowest BCUT2D eigenvalue weighted by Crippen LogP contribution is -3.11. The van der Waals surface area contributed by atoms with Gasteiger partial charge in [-0.2, -0.15) is 0 Å². The molecule has 2 N–H and O–H groups in total. The highest BCUT2D eigenvalue weighted by atomic mass is 16.6. The van der Waals surface area contributed by atoms with Gasteiger partial charge < -0.3 is 19.9 Å². The minimum Gasteiger partial charge on any atom is -0.410 e. The van der Waals surface area contributed by atoms with E-state index in [1.807, 2.05) is 32.3 Å². The predicted molar refractivity (Wildman–Crippen MR) is 104 cm³/mol. The zero-order valence-electron chi connectivity index (χ0n) is 15.6. The number of carbonyl (C=O) groups is 1. The third-order valence-corrected chi connectivity index (χ3v) is 4.95. The summed E-state index contributed by atoms with van der Waals surface area (Å²) < 4.78 is 5.35. The SMILES string of the molecule is CN(C)c1ccc([C@@H](CNC(=O)Oc2ccccc2)[NH+]2CCCC2)cc1. The summed E-state index contributed by atoms with van der Waals surface area (Å²) >= 11 is 0. The number of quaternary nitrogens is 1. The van der Waals surface area contributed by atoms with E-state index in [2.05, 4.69) is 34.5 Å². The van der Waals surface area contributed by atoms with E-state index in [4.69, 9.17) is 4.74 Å². The van der Waals surface area contributed by atoms with Crippen molar-refractivity contribution in [2.45, 2.75) is 18.9 Å². The van der Waals surface area contributed by atoms with E-state index in [0.717, 1.165) is 13.1 Å². The summed E-state index contributed by atoms with van der Waals surface area (Å²) in [6.45, 7) is 2.87. The Morgan fingerprint density at radius 1 is 1.08 bits per heavy atom. The number of carbonyl (C=O) groups excluding carboxylic acids is 1. The van der Waals surface area contributed by atoms with Crippen LogP contribution in [0.4, 0.5) is 10.5 Å². The Morgan fingerprint density at radius 2 is 1.73 bits per heavy atom. The van der Waals surface area contributed by atoms with Crippen LogP contribution < -0.4 is 19.9 Å². The lowest BCUT2D eigenvalue weighted by molar-refractivity contribution is -0.918. The van der Waals surface area contributed by atoms with Gasteiger partial charge >= 0.3 is 6.09 Å². The molecule has 1 aliphatic heterocycles. The molecule has 1 fully saturated rings. The van der Waals surface area contributed by atoms with Gasteiger partial charge in [0.15, 0.2) is 0 Å². The monoisotopic (exact) mass is 354 g/mol. The highest BCUT2D eigenvalue weighted by Gasteiger charge is 2.28. The van der Waals surface area contributed by atoms with Crippen LogP contribution in [0.5, 0.6) is 5.75 Å². The molecular formula is C21H28N3O2+. The van der Waals surface area contributed by atoms with Crippen molar-refractivity contribution in [3.05, 3.63) is 60.2 Å².